The van der Waals surface area contributed by atoms with Gasteiger partial charge < -0.3 is 10.1 Å². The predicted molar refractivity (Wildman–Crippen MR) is 102 cm³/mol. The van der Waals surface area contributed by atoms with Crippen LogP contribution in [0.1, 0.15) is 32.3 Å². The minimum Gasteiger partial charge on any atom is -0.376 e. The van der Waals surface area contributed by atoms with Crippen molar-refractivity contribution in [1.82, 2.24) is 25.1 Å². The normalized spacial score (nSPS) is 18.0. The molecule has 8 nitrogen and oxygen atoms in total. The fourth-order valence-corrected chi connectivity index (χ4v) is 4.02. The molecule has 0 spiro atoms. The molecule has 3 rings (SSSR count). The second-order valence-electron chi connectivity index (χ2n) is 6.92. The van der Waals surface area contributed by atoms with Gasteiger partial charge in [-0.25, -0.2) is 9.89 Å². The third-order valence-corrected chi connectivity index (χ3v) is 5.95. The number of hydrogen-bond donors (Lipinski definition) is 2. The van der Waals surface area contributed by atoms with E-state index < -0.39 is 0 Å². The van der Waals surface area contributed by atoms with Crippen LogP contribution in [0.15, 0.2) is 34.5 Å². The first-order chi connectivity index (χ1) is 13.0. The molecule has 1 amide bonds. The number of rotatable bonds is 8. The Morgan fingerprint density at radius 3 is 3.04 bits per heavy atom. The number of carbonyl (C=O) groups is 1. The fourth-order valence-electron chi connectivity index (χ4n) is 2.94. The van der Waals surface area contributed by atoms with Gasteiger partial charge in [0.1, 0.15) is 0 Å². The Hall–Kier alpha value is -2.13. The average Bonchev–Trinajstić information content (AvgIpc) is 3.30. The second kappa shape index (κ2) is 9.18. The zero-order valence-corrected chi connectivity index (χ0v) is 16.4. The molecule has 0 saturated carbocycles. The van der Waals surface area contributed by atoms with Gasteiger partial charge in [0, 0.05) is 25.5 Å². The smallest absolute Gasteiger partial charge is 0.344 e. The van der Waals surface area contributed by atoms with Crippen LogP contribution < -0.4 is 11.0 Å². The number of carbonyl (C=O) groups excluding carboxylic acids is 1. The highest BCUT2D eigenvalue weighted by Gasteiger charge is 2.27. The van der Waals surface area contributed by atoms with Crippen molar-refractivity contribution in [2.24, 2.45) is 5.92 Å². The van der Waals surface area contributed by atoms with Gasteiger partial charge in [-0.3, -0.25) is 14.3 Å². The van der Waals surface area contributed by atoms with E-state index in [2.05, 4.69) is 20.5 Å². The highest BCUT2D eigenvalue weighted by Crippen LogP contribution is 2.27. The van der Waals surface area contributed by atoms with Crippen molar-refractivity contribution >= 4 is 17.7 Å². The summed E-state index contributed by atoms with van der Waals surface area (Å²) in [5.41, 5.74) is 0.666. The van der Waals surface area contributed by atoms with Crippen molar-refractivity contribution in [2.75, 3.05) is 6.61 Å². The Balaban J connectivity index is 1.67. The average molecular weight is 391 g/mol. The largest absolute Gasteiger partial charge is 0.376 e. The molecule has 0 bridgehead atoms. The zero-order valence-electron chi connectivity index (χ0n) is 15.6. The number of nitrogens with zero attached hydrogens (tertiary/aromatic N) is 3. The van der Waals surface area contributed by atoms with Gasteiger partial charge in [-0.15, -0.1) is 5.10 Å². The van der Waals surface area contributed by atoms with Crippen LogP contribution in [0.4, 0.5) is 0 Å². The highest BCUT2D eigenvalue weighted by molar-refractivity contribution is 8.00. The summed E-state index contributed by atoms with van der Waals surface area (Å²) in [5.74, 6) is -0.00940. The molecule has 3 heterocycles. The van der Waals surface area contributed by atoms with Crippen molar-refractivity contribution in [3.63, 3.8) is 0 Å². The summed E-state index contributed by atoms with van der Waals surface area (Å²) in [7, 11) is 0. The van der Waals surface area contributed by atoms with Crippen LogP contribution in [-0.4, -0.2) is 43.6 Å². The van der Waals surface area contributed by atoms with Crippen LogP contribution in [0.5, 0.6) is 0 Å². The van der Waals surface area contributed by atoms with Gasteiger partial charge >= 0.3 is 5.69 Å². The molecule has 1 fully saturated rings. The molecule has 27 heavy (non-hydrogen) atoms. The van der Waals surface area contributed by atoms with Crippen molar-refractivity contribution < 1.29 is 9.53 Å². The quantitative estimate of drug-likeness (QED) is 0.663. The van der Waals surface area contributed by atoms with Crippen molar-refractivity contribution in [1.29, 1.82) is 0 Å². The van der Waals surface area contributed by atoms with E-state index in [4.69, 9.17) is 4.74 Å². The summed E-state index contributed by atoms with van der Waals surface area (Å²) in [6.07, 6.45) is 5.39. The van der Waals surface area contributed by atoms with Gasteiger partial charge in [0.15, 0.2) is 5.16 Å². The number of H-pyrrole nitrogens is 1. The molecule has 9 heteroatoms. The van der Waals surface area contributed by atoms with Gasteiger partial charge in [0.25, 0.3) is 0 Å². The first kappa shape index (κ1) is 19.6. The molecular weight excluding hydrogens is 366 g/mol. The van der Waals surface area contributed by atoms with Crippen molar-refractivity contribution in [3.05, 3.63) is 40.6 Å². The van der Waals surface area contributed by atoms with Crippen LogP contribution in [0.25, 0.3) is 0 Å². The predicted octanol–water partition coefficient (Wildman–Crippen LogP) is 1.58. The van der Waals surface area contributed by atoms with E-state index in [1.165, 1.54) is 11.8 Å². The van der Waals surface area contributed by atoms with Crippen LogP contribution in [0.2, 0.25) is 0 Å². The number of amides is 1. The third-order valence-electron chi connectivity index (χ3n) is 4.42. The molecule has 0 aromatic carbocycles. The number of nitrogens with one attached hydrogen (secondary N) is 2. The van der Waals surface area contributed by atoms with Gasteiger partial charge in [-0.05, 0) is 30.4 Å². The summed E-state index contributed by atoms with van der Waals surface area (Å²) in [6, 6.07) is 3.75. The molecule has 146 valence electrons. The van der Waals surface area contributed by atoms with Gasteiger partial charge in [-0.2, -0.15) is 0 Å². The van der Waals surface area contributed by atoms with Gasteiger partial charge in [-0.1, -0.05) is 31.7 Å². The number of hydrogen-bond acceptors (Lipinski definition) is 6. The molecule has 2 aromatic heterocycles. The minimum atomic E-state index is -0.361. The first-order valence-corrected chi connectivity index (χ1v) is 10.0. The van der Waals surface area contributed by atoms with E-state index in [0.29, 0.717) is 18.2 Å². The van der Waals surface area contributed by atoms with E-state index in [9.17, 15) is 9.59 Å². The summed E-state index contributed by atoms with van der Waals surface area (Å²) in [6.45, 7) is 5.57. The van der Waals surface area contributed by atoms with Gasteiger partial charge in [0.2, 0.25) is 5.91 Å². The van der Waals surface area contributed by atoms with Crippen LogP contribution in [-0.2, 0) is 22.6 Å². The number of aromatic amines is 1. The Kier molecular flexibility index (Phi) is 6.68. The Bertz CT molecular complexity index is 799. The fraction of sp³-hybridized carbons (Fsp3) is 0.556. The second-order valence-corrected chi connectivity index (χ2v) is 8.03. The molecule has 2 unspecified atom stereocenters. The monoisotopic (exact) mass is 391 g/mol. The standard InChI is InChI=1S/C18H25N5O3S/c1-12(2)15(16(24)20-10-13-5-3-7-19-9-13)27-18-22-21-17(25)23(18)11-14-6-4-8-26-14/h3,5,7,9,12,14-15H,4,6,8,10-11H2,1-2H3,(H,20,24)(H,21,25). The SMILES string of the molecule is CC(C)C(Sc1n[nH]c(=O)n1CC1CCCO1)C(=O)NCc1cccnc1. The lowest BCUT2D eigenvalue weighted by molar-refractivity contribution is -0.121. The summed E-state index contributed by atoms with van der Waals surface area (Å²) in [4.78, 5) is 28.9. The van der Waals surface area contributed by atoms with Crippen LogP contribution >= 0.6 is 11.8 Å². The van der Waals surface area contributed by atoms with E-state index in [1.807, 2.05) is 26.0 Å². The van der Waals surface area contributed by atoms with E-state index >= 15 is 0 Å². The number of ether oxygens (including phenoxy) is 1. The lowest BCUT2D eigenvalue weighted by atomic mass is 10.1. The third kappa shape index (κ3) is 5.20. The zero-order chi connectivity index (χ0) is 19.2. The molecule has 2 atom stereocenters. The van der Waals surface area contributed by atoms with E-state index in [0.717, 1.165) is 25.0 Å². The number of pyridine rings is 1. The molecule has 0 aliphatic carbocycles. The highest BCUT2D eigenvalue weighted by atomic mass is 32.2. The molecule has 0 radical (unpaired) electrons. The Labute approximate surface area is 162 Å². The summed E-state index contributed by atoms with van der Waals surface area (Å²) in [5, 5.41) is 9.73. The molecule has 2 N–H and O–H groups in total. The first-order valence-electron chi connectivity index (χ1n) is 9.14. The Morgan fingerprint density at radius 1 is 1.52 bits per heavy atom. The molecular formula is C18H25N5O3S. The topological polar surface area (TPSA) is 102 Å². The van der Waals surface area contributed by atoms with Crippen molar-refractivity contribution in [2.45, 2.75) is 56.3 Å². The van der Waals surface area contributed by atoms with Crippen LogP contribution in [0.3, 0.4) is 0 Å². The van der Waals surface area contributed by atoms with Crippen LogP contribution in [0, 0.1) is 5.92 Å². The lowest BCUT2D eigenvalue weighted by Crippen LogP contribution is -2.36. The molecule has 2 aromatic rings. The van der Waals surface area contributed by atoms with Crippen molar-refractivity contribution in [3.8, 4) is 0 Å². The maximum Gasteiger partial charge on any atom is 0.344 e. The summed E-state index contributed by atoms with van der Waals surface area (Å²) < 4.78 is 7.20. The maximum absolute atomic E-state index is 12.7. The molecule has 1 aliphatic rings. The minimum absolute atomic E-state index is 0.0246. The van der Waals surface area contributed by atoms with E-state index in [-0.39, 0.29) is 28.9 Å². The molecule has 1 aliphatic heterocycles. The molecule has 1 saturated heterocycles. The van der Waals surface area contributed by atoms with Gasteiger partial charge in [0.05, 0.1) is 17.9 Å². The Morgan fingerprint density at radius 2 is 2.37 bits per heavy atom. The van der Waals surface area contributed by atoms with E-state index in [1.54, 1.807) is 17.0 Å². The lowest BCUT2D eigenvalue weighted by Gasteiger charge is -2.20. The summed E-state index contributed by atoms with van der Waals surface area (Å²) >= 11 is 1.31. The maximum atomic E-state index is 12.7. The number of aromatic nitrogens is 4. The number of thioether (sulfide) groups is 1.